The molecular formula is C20H22N6O4S. The number of Topliss-reactive ketones (excluding diaryl/α,β-unsaturated/α-hetero) is 1. The van der Waals surface area contributed by atoms with Gasteiger partial charge in [-0.05, 0) is 48.0 Å². The molecule has 0 atom stereocenters. The number of carbonyl (C=O) groups is 1. The number of thioether (sulfide) groups is 1. The lowest BCUT2D eigenvalue weighted by atomic mass is 10.1. The number of ketones is 1. The third-order valence-electron chi connectivity index (χ3n) is 4.19. The summed E-state index contributed by atoms with van der Waals surface area (Å²) in [5.41, 5.74) is 4.09. The summed E-state index contributed by atoms with van der Waals surface area (Å²) in [6, 6.07) is 12.3. The second kappa shape index (κ2) is 10.3. The van der Waals surface area contributed by atoms with Gasteiger partial charge in [0.15, 0.2) is 17.3 Å². The molecule has 0 aliphatic carbocycles. The number of hydrogen-bond acceptors (Lipinski definition) is 10. The first-order valence-electron chi connectivity index (χ1n) is 9.07. The molecule has 3 rings (SSSR count). The first-order valence-corrected chi connectivity index (χ1v) is 10.1. The van der Waals surface area contributed by atoms with Gasteiger partial charge in [0.2, 0.25) is 5.16 Å². The summed E-state index contributed by atoms with van der Waals surface area (Å²) in [6.07, 6.45) is 1.58. The van der Waals surface area contributed by atoms with Crippen LogP contribution < -0.4 is 25.5 Å². The Balaban J connectivity index is 1.58. The summed E-state index contributed by atoms with van der Waals surface area (Å²) >= 11 is 1.18. The van der Waals surface area contributed by atoms with Crippen molar-refractivity contribution in [1.29, 1.82) is 0 Å². The number of ether oxygens (including phenoxy) is 3. The molecule has 0 bridgehead atoms. The zero-order valence-electron chi connectivity index (χ0n) is 17.2. The van der Waals surface area contributed by atoms with Gasteiger partial charge in [-0.15, -0.1) is 10.2 Å². The van der Waals surface area contributed by atoms with Crippen LogP contribution in [0.2, 0.25) is 0 Å². The number of nitrogens with two attached hydrogens (primary N) is 1. The predicted octanol–water partition coefficient (Wildman–Crippen LogP) is 2.44. The topological polar surface area (TPSA) is 126 Å². The highest BCUT2D eigenvalue weighted by Gasteiger charge is 2.13. The lowest BCUT2D eigenvalue weighted by Crippen LogP contribution is -2.14. The summed E-state index contributed by atoms with van der Waals surface area (Å²) in [6.45, 7) is 0. The van der Waals surface area contributed by atoms with Crippen LogP contribution in [0.5, 0.6) is 17.2 Å². The summed E-state index contributed by atoms with van der Waals surface area (Å²) in [5, 5.41) is 12.4. The van der Waals surface area contributed by atoms with E-state index in [-0.39, 0.29) is 17.5 Å². The highest BCUT2D eigenvalue weighted by molar-refractivity contribution is 7.99. The van der Waals surface area contributed by atoms with Crippen molar-refractivity contribution in [2.45, 2.75) is 5.16 Å². The Morgan fingerprint density at radius 2 is 1.84 bits per heavy atom. The summed E-state index contributed by atoms with van der Waals surface area (Å²) < 4.78 is 16.8. The number of carbonyl (C=O) groups excluding carboxylic acids is 1. The van der Waals surface area contributed by atoms with Gasteiger partial charge < -0.3 is 20.1 Å². The molecule has 0 saturated carbocycles. The third kappa shape index (κ3) is 5.45. The van der Waals surface area contributed by atoms with Crippen LogP contribution in [-0.2, 0) is 0 Å². The molecule has 0 radical (unpaired) electrons. The molecule has 11 heteroatoms. The van der Waals surface area contributed by atoms with Crippen LogP contribution in [0.15, 0.2) is 52.7 Å². The number of nitrogen functional groups attached to an aromatic ring is 1. The average Bonchev–Trinajstić information content (AvgIpc) is 3.16. The molecule has 0 aliphatic heterocycles. The van der Waals surface area contributed by atoms with E-state index in [9.17, 15) is 4.79 Å². The monoisotopic (exact) mass is 442 g/mol. The Morgan fingerprint density at radius 3 is 2.52 bits per heavy atom. The lowest BCUT2D eigenvalue weighted by molar-refractivity contribution is 0.102. The van der Waals surface area contributed by atoms with Gasteiger partial charge in [0.25, 0.3) is 5.95 Å². The van der Waals surface area contributed by atoms with E-state index >= 15 is 0 Å². The Kier molecular flexibility index (Phi) is 7.33. The largest absolute Gasteiger partial charge is 0.497 e. The number of rotatable bonds is 10. The molecule has 3 N–H and O–H groups in total. The van der Waals surface area contributed by atoms with Gasteiger partial charge in [-0.1, -0.05) is 11.8 Å². The fourth-order valence-corrected chi connectivity index (χ4v) is 3.29. The number of hydrazone groups is 1. The molecule has 31 heavy (non-hydrogen) atoms. The van der Waals surface area contributed by atoms with Gasteiger partial charge in [-0.25, -0.2) is 10.1 Å². The van der Waals surface area contributed by atoms with Crippen molar-refractivity contribution in [3.63, 3.8) is 0 Å². The minimum Gasteiger partial charge on any atom is -0.497 e. The SMILES string of the molecule is COc1ccc(C(=O)CSc2nnc(N/N=C/c3ccc(OC)c(OC)c3)n2N)cc1. The van der Waals surface area contributed by atoms with Crippen molar-refractivity contribution in [2.75, 3.05) is 38.4 Å². The molecule has 1 aromatic heterocycles. The molecule has 2 aromatic carbocycles. The fourth-order valence-electron chi connectivity index (χ4n) is 2.54. The van der Waals surface area contributed by atoms with E-state index in [0.29, 0.717) is 28.0 Å². The zero-order chi connectivity index (χ0) is 22.2. The van der Waals surface area contributed by atoms with Crippen molar-refractivity contribution < 1.29 is 19.0 Å². The maximum absolute atomic E-state index is 12.3. The van der Waals surface area contributed by atoms with Crippen LogP contribution in [0.3, 0.4) is 0 Å². The quantitative estimate of drug-likeness (QED) is 0.160. The zero-order valence-corrected chi connectivity index (χ0v) is 18.0. The predicted molar refractivity (Wildman–Crippen MR) is 119 cm³/mol. The Morgan fingerprint density at radius 1 is 1.10 bits per heavy atom. The summed E-state index contributed by atoms with van der Waals surface area (Å²) in [7, 11) is 4.71. The Hall–Kier alpha value is -3.73. The van der Waals surface area contributed by atoms with Crippen LogP contribution in [0.4, 0.5) is 5.95 Å². The molecule has 0 amide bonds. The van der Waals surface area contributed by atoms with E-state index < -0.39 is 0 Å². The van der Waals surface area contributed by atoms with Crippen LogP contribution in [-0.4, -0.2) is 54.0 Å². The Labute approximate surface area is 183 Å². The smallest absolute Gasteiger partial charge is 0.264 e. The van der Waals surface area contributed by atoms with Crippen LogP contribution in [0.25, 0.3) is 0 Å². The van der Waals surface area contributed by atoms with E-state index in [0.717, 1.165) is 5.56 Å². The molecule has 3 aromatic rings. The van der Waals surface area contributed by atoms with E-state index in [2.05, 4.69) is 20.7 Å². The molecule has 0 fully saturated rings. The first kappa shape index (κ1) is 22.0. The maximum Gasteiger partial charge on any atom is 0.264 e. The highest BCUT2D eigenvalue weighted by Crippen LogP contribution is 2.27. The van der Waals surface area contributed by atoms with Crippen molar-refractivity contribution in [1.82, 2.24) is 14.9 Å². The van der Waals surface area contributed by atoms with Gasteiger partial charge in [0.1, 0.15) is 5.75 Å². The number of benzene rings is 2. The number of aromatic nitrogens is 3. The van der Waals surface area contributed by atoms with Gasteiger partial charge in [0, 0.05) is 5.56 Å². The molecule has 162 valence electrons. The van der Waals surface area contributed by atoms with Crippen LogP contribution in [0.1, 0.15) is 15.9 Å². The molecule has 0 unspecified atom stereocenters. The van der Waals surface area contributed by atoms with Gasteiger partial charge in [0.05, 0.1) is 33.3 Å². The van der Waals surface area contributed by atoms with Crippen LogP contribution >= 0.6 is 11.8 Å². The van der Waals surface area contributed by atoms with Crippen LogP contribution in [0, 0.1) is 0 Å². The summed E-state index contributed by atoms with van der Waals surface area (Å²) in [5.74, 6) is 8.24. The van der Waals surface area contributed by atoms with Crippen molar-refractivity contribution in [3.05, 3.63) is 53.6 Å². The van der Waals surface area contributed by atoms with E-state index in [4.69, 9.17) is 20.1 Å². The molecule has 0 aliphatic rings. The standard InChI is InChI=1S/C20H22N6O4S/c1-28-15-7-5-14(6-8-15)16(27)12-31-20-25-24-19(26(20)21)23-22-11-13-4-9-17(29-2)18(10-13)30-3/h4-11H,12,21H2,1-3H3,(H,23,24)/b22-11+. The first-order chi connectivity index (χ1) is 15.0. The van der Waals surface area contributed by atoms with Crippen molar-refractivity contribution in [2.24, 2.45) is 5.10 Å². The minimum atomic E-state index is -0.0587. The average molecular weight is 443 g/mol. The number of methoxy groups -OCH3 is 3. The molecular weight excluding hydrogens is 420 g/mol. The normalized spacial score (nSPS) is 10.8. The number of nitrogens with one attached hydrogen (secondary N) is 1. The fraction of sp³-hybridized carbons (Fsp3) is 0.200. The van der Waals surface area contributed by atoms with Gasteiger partial charge in [-0.2, -0.15) is 5.10 Å². The highest BCUT2D eigenvalue weighted by atomic mass is 32.2. The third-order valence-corrected chi connectivity index (χ3v) is 5.14. The van der Waals surface area contributed by atoms with Crippen molar-refractivity contribution in [3.8, 4) is 17.2 Å². The second-order valence-corrected chi connectivity index (χ2v) is 7.04. The van der Waals surface area contributed by atoms with Gasteiger partial charge in [-0.3, -0.25) is 4.79 Å². The Bertz CT molecular complexity index is 1070. The van der Waals surface area contributed by atoms with Crippen molar-refractivity contribution >= 4 is 29.7 Å². The molecule has 1 heterocycles. The number of hydrogen-bond donors (Lipinski definition) is 2. The second-order valence-electron chi connectivity index (χ2n) is 6.10. The van der Waals surface area contributed by atoms with Gasteiger partial charge >= 0.3 is 0 Å². The lowest BCUT2D eigenvalue weighted by Gasteiger charge is -2.07. The molecule has 10 nitrogen and oxygen atoms in total. The van der Waals surface area contributed by atoms with E-state index in [1.807, 2.05) is 6.07 Å². The number of anilines is 1. The molecule has 0 saturated heterocycles. The number of nitrogens with zero attached hydrogens (tertiary/aromatic N) is 4. The minimum absolute atomic E-state index is 0.0587. The van der Waals surface area contributed by atoms with E-state index in [1.165, 1.54) is 16.4 Å². The maximum atomic E-state index is 12.3. The van der Waals surface area contributed by atoms with E-state index in [1.54, 1.807) is 63.9 Å². The molecule has 0 spiro atoms. The summed E-state index contributed by atoms with van der Waals surface area (Å²) in [4.78, 5) is 12.3.